The molecule has 2 saturated heterocycles. The van der Waals surface area contributed by atoms with Crippen molar-refractivity contribution in [2.24, 2.45) is 0 Å². The Kier molecular flexibility index (Phi) is 7.60. The minimum absolute atomic E-state index is 0.0789. The number of nitrogens with zero attached hydrogens (tertiary/aromatic N) is 3. The van der Waals surface area contributed by atoms with E-state index in [0.717, 1.165) is 11.3 Å². The van der Waals surface area contributed by atoms with Gasteiger partial charge < -0.3 is 19.7 Å². The molecule has 2 fully saturated rings. The summed E-state index contributed by atoms with van der Waals surface area (Å²) in [5.41, 5.74) is 1.62. The topological polar surface area (TPSA) is 101 Å². The van der Waals surface area contributed by atoms with Gasteiger partial charge in [-0.2, -0.15) is 0 Å². The van der Waals surface area contributed by atoms with E-state index < -0.39 is 11.8 Å². The van der Waals surface area contributed by atoms with Crippen molar-refractivity contribution >= 4 is 17.7 Å². The minimum atomic E-state index is -0.989. The van der Waals surface area contributed by atoms with Gasteiger partial charge in [0.2, 0.25) is 5.91 Å². The van der Waals surface area contributed by atoms with Crippen LogP contribution in [0.2, 0.25) is 0 Å². The number of carbonyl (C=O) groups is 3. The van der Waals surface area contributed by atoms with Gasteiger partial charge in [-0.1, -0.05) is 30.3 Å². The van der Waals surface area contributed by atoms with Gasteiger partial charge in [0.1, 0.15) is 17.5 Å². The summed E-state index contributed by atoms with van der Waals surface area (Å²) < 4.78 is 11.6. The fraction of sp³-hybridized carbons (Fsp3) is 0.333. The van der Waals surface area contributed by atoms with Gasteiger partial charge >= 0.3 is 0 Å². The van der Waals surface area contributed by atoms with Crippen molar-refractivity contribution in [1.82, 2.24) is 20.1 Å². The van der Waals surface area contributed by atoms with E-state index >= 15 is 0 Å². The Hall–Kier alpha value is -4.24. The molecule has 1 spiro atoms. The number of aromatic nitrogens is 1. The smallest absolute Gasteiger partial charge is 0.257 e. The second kappa shape index (κ2) is 11.2. The maximum absolute atomic E-state index is 14.0. The SMILES string of the molecule is COc1cccc(C(=O)N2CCC3(CC2)OC[C@@H](C(=O)NCc2ccccn2)N3C(=O)c2ccccc2C)c1. The van der Waals surface area contributed by atoms with Crippen LogP contribution in [0.4, 0.5) is 0 Å². The molecule has 1 N–H and O–H groups in total. The quantitative estimate of drug-likeness (QED) is 0.528. The van der Waals surface area contributed by atoms with E-state index in [9.17, 15) is 14.4 Å². The summed E-state index contributed by atoms with van der Waals surface area (Å²) in [7, 11) is 1.56. The summed E-state index contributed by atoms with van der Waals surface area (Å²) >= 11 is 0. The molecule has 5 rings (SSSR count). The molecule has 3 heterocycles. The van der Waals surface area contributed by atoms with Crippen molar-refractivity contribution in [2.75, 3.05) is 26.8 Å². The number of nitrogens with one attached hydrogen (secondary N) is 1. The summed E-state index contributed by atoms with van der Waals surface area (Å²) in [5, 5.41) is 2.92. The number of aryl methyl sites for hydroxylation is 1. The highest BCUT2D eigenvalue weighted by atomic mass is 16.5. The molecule has 9 heteroatoms. The fourth-order valence-corrected chi connectivity index (χ4v) is 5.31. The Bertz CT molecular complexity index is 1350. The Labute approximate surface area is 227 Å². The minimum Gasteiger partial charge on any atom is -0.497 e. The van der Waals surface area contributed by atoms with E-state index in [-0.39, 0.29) is 30.9 Å². The summed E-state index contributed by atoms with van der Waals surface area (Å²) in [4.78, 5) is 48.3. The molecule has 9 nitrogen and oxygen atoms in total. The monoisotopic (exact) mass is 528 g/mol. The van der Waals surface area contributed by atoms with Crippen molar-refractivity contribution in [3.63, 3.8) is 0 Å². The average Bonchev–Trinajstić information content (AvgIpc) is 3.34. The number of hydrogen-bond acceptors (Lipinski definition) is 6. The van der Waals surface area contributed by atoms with E-state index in [2.05, 4.69) is 10.3 Å². The van der Waals surface area contributed by atoms with Crippen molar-refractivity contribution < 1.29 is 23.9 Å². The lowest BCUT2D eigenvalue weighted by molar-refractivity contribution is -0.128. The highest BCUT2D eigenvalue weighted by Gasteiger charge is 2.54. The van der Waals surface area contributed by atoms with E-state index in [1.54, 1.807) is 53.4 Å². The number of likely N-dealkylation sites (tertiary alicyclic amines) is 1. The standard InChI is InChI=1S/C30H32N4O5/c1-21-8-3-4-12-25(21)29(37)34-26(27(35)32-19-23-10-5-6-15-31-23)20-39-30(34)13-16-33(17-14-30)28(36)22-9-7-11-24(18-22)38-2/h3-12,15,18,26H,13-14,16-17,19-20H2,1-2H3,(H,32,35)/t26-/m0/s1. The first-order valence-corrected chi connectivity index (χ1v) is 13.1. The molecule has 3 aromatic rings. The molecule has 1 aromatic heterocycles. The van der Waals surface area contributed by atoms with Crippen LogP contribution in [0.1, 0.15) is 44.8 Å². The lowest BCUT2D eigenvalue weighted by Crippen LogP contribution is -2.59. The fourth-order valence-electron chi connectivity index (χ4n) is 5.31. The van der Waals surface area contributed by atoms with Gasteiger partial charge in [0, 0.05) is 43.3 Å². The molecule has 0 unspecified atom stereocenters. The first-order valence-electron chi connectivity index (χ1n) is 13.1. The van der Waals surface area contributed by atoms with E-state index in [1.165, 1.54) is 0 Å². The molecule has 2 aliphatic heterocycles. The van der Waals surface area contributed by atoms with Crippen molar-refractivity contribution in [3.8, 4) is 5.75 Å². The van der Waals surface area contributed by atoms with Crippen LogP contribution >= 0.6 is 0 Å². The summed E-state index contributed by atoms with van der Waals surface area (Å²) in [6.45, 7) is 2.97. The van der Waals surface area contributed by atoms with Crippen LogP contribution in [0.5, 0.6) is 5.75 Å². The molecule has 202 valence electrons. The molecule has 0 radical (unpaired) electrons. The number of hydrogen-bond donors (Lipinski definition) is 1. The normalized spacial score (nSPS) is 18.2. The zero-order chi connectivity index (χ0) is 27.4. The van der Waals surface area contributed by atoms with Gasteiger partial charge in [0.15, 0.2) is 0 Å². The van der Waals surface area contributed by atoms with Crippen LogP contribution in [-0.2, 0) is 16.1 Å². The van der Waals surface area contributed by atoms with Crippen LogP contribution in [-0.4, -0.2) is 71.1 Å². The zero-order valence-electron chi connectivity index (χ0n) is 22.1. The maximum atomic E-state index is 14.0. The highest BCUT2D eigenvalue weighted by molar-refractivity contribution is 5.99. The van der Waals surface area contributed by atoms with Crippen molar-refractivity contribution in [2.45, 2.75) is 38.1 Å². The molecule has 1 atom stereocenters. The van der Waals surface area contributed by atoms with Crippen LogP contribution < -0.4 is 10.1 Å². The third kappa shape index (κ3) is 5.35. The van der Waals surface area contributed by atoms with E-state index in [0.29, 0.717) is 42.8 Å². The van der Waals surface area contributed by atoms with Gasteiger partial charge in [-0.15, -0.1) is 0 Å². The van der Waals surface area contributed by atoms with Crippen molar-refractivity contribution in [3.05, 3.63) is 95.3 Å². The summed E-state index contributed by atoms with van der Waals surface area (Å²) in [6.07, 6.45) is 2.46. The maximum Gasteiger partial charge on any atom is 0.257 e. The predicted molar refractivity (Wildman–Crippen MR) is 144 cm³/mol. The Morgan fingerprint density at radius 1 is 1.03 bits per heavy atom. The molecule has 2 aromatic carbocycles. The largest absolute Gasteiger partial charge is 0.497 e. The number of amides is 3. The van der Waals surface area contributed by atoms with Crippen LogP contribution in [0.15, 0.2) is 72.9 Å². The van der Waals surface area contributed by atoms with E-state index in [4.69, 9.17) is 9.47 Å². The molecule has 0 saturated carbocycles. The van der Waals surface area contributed by atoms with Crippen molar-refractivity contribution in [1.29, 1.82) is 0 Å². The van der Waals surface area contributed by atoms with Gasteiger partial charge in [0.25, 0.3) is 11.8 Å². The number of benzene rings is 2. The van der Waals surface area contributed by atoms with Gasteiger partial charge in [-0.05, 0) is 48.9 Å². The van der Waals surface area contributed by atoms with Crippen LogP contribution in [0, 0.1) is 6.92 Å². The van der Waals surface area contributed by atoms with Gasteiger partial charge in [0.05, 0.1) is 26.0 Å². The number of pyridine rings is 1. The second-order valence-corrected chi connectivity index (χ2v) is 9.83. The van der Waals surface area contributed by atoms with Gasteiger partial charge in [-0.25, -0.2) is 0 Å². The van der Waals surface area contributed by atoms with E-state index in [1.807, 2.05) is 43.3 Å². The molecule has 2 aliphatic rings. The number of piperidine rings is 1. The number of carbonyl (C=O) groups excluding carboxylic acids is 3. The first kappa shape index (κ1) is 26.4. The lowest BCUT2D eigenvalue weighted by atomic mass is 9.95. The Morgan fingerprint density at radius 2 is 1.79 bits per heavy atom. The lowest BCUT2D eigenvalue weighted by Gasteiger charge is -2.44. The Balaban J connectivity index is 1.37. The molecule has 3 amide bonds. The molecular formula is C30H32N4O5. The second-order valence-electron chi connectivity index (χ2n) is 9.83. The van der Waals surface area contributed by atoms with Gasteiger partial charge in [-0.3, -0.25) is 24.3 Å². The summed E-state index contributed by atoms with van der Waals surface area (Å²) in [5.74, 6) is -0.0447. The molecule has 0 aliphatic carbocycles. The summed E-state index contributed by atoms with van der Waals surface area (Å²) in [6, 6.07) is 19.1. The third-order valence-electron chi connectivity index (χ3n) is 7.48. The van der Waals surface area contributed by atoms with Crippen LogP contribution in [0.25, 0.3) is 0 Å². The first-order chi connectivity index (χ1) is 18.9. The predicted octanol–water partition coefficient (Wildman–Crippen LogP) is 3.19. The number of ether oxygens (including phenoxy) is 2. The Morgan fingerprint density at radius 3 is 2.51 bits per heavy atom. The highest BCUT2D eigenvalue weighted by Crippen LogP contribution is 2.39. The zero-order valence-corrected chi connectivity index (χ0v) is 22.1. The molecule has 0 bridgehead atoms. The number of methoxy groups -OCH3 is 1. The average molecular weight is 529 g/mol. The molecular weight excluding hydrogens is 496 g/mol. The molecule has 39 heavy (non-hydrogen) atoms. The third-order valence-corrected chi connectivity index (χ3v) is 7.48. The number of rotatable bonds is 6. The van der Waals surface area contributed by atoms with Crippen LogP contribution in [0.3, 0.4) is 0 Å².